The Labute approximate surface area is 180 Å². The molecule has 1 unspecified atom stereocenters. The molecule has 1 aromatic heterocycles. The number of benzene rings is 2. The number of hydrogen-bond donors (Lipinski definition) is 3. The first-order valence-electron chi connectivity index (χ1n) is 9.40. The largest absolute Gasteiger partial charge is 0.496 e. The summed E-state index contributed by atoms with van der Waals surface area (Å²) in [6.45, 7) is 0. The predicted octanol–water partition coefficient (Wildman–Crippen LogP) is 4.34. The van der Waals surface area contributed by atoms with E-state index in [4.69, 9.17) is 26.8 Å². The number of carbonyl (C=O) groups excluding carboxylic acids is 1. The number of hydrogen-bond acceptors (Lipinski definition) is 6. The number of methoxy groups -OCH3 is 1. The molecule has 0 saturated heterocycles. The van der Waals surface area contributed by atoms with Gasteiger partial charge in [-0.1, -0.05) is 17.7 Å². The number of fused-ring (bicyclic) bond motifs is 1. The average Bonchev–Trinajstić information content (AvgIpc) is 3.53. The maximum Gasteiger partial charge on any atom is 0.252 e. The molecule has 1 aliphatic rings. The monoisotopic (exact) mass is 445 g/mol. The molecule has 0 radical (unpaired) electrons. The molecule has 1 aliphatic carbocycles. The van der Waals surface area contributed by atoms with E-state index in [0.717, 1.165) is 18.4 Å². The van der Waals surface area contributed by atoms with E-state index in [9.17, 15) is 9.69 Å². The molecule has 1 fully saturated rings. The second-order valence-corrected chi connectivity index (χ2v) is 8.84. The average molecular weight is 446 g/mol. The van der Waals surface area contributed by atoms with Crippen molar-refractivity contribution in [1.29, 1.82) is 0 Å². The van der Waals surface area contributed by atoms with Gasteiger partial charge < -0.3 is 20.1 Å². The number of carbonyl (C=O) groups is 1. The lowest BCUT2D eigenvalue weighted by Gasteiger charge is -2.14. The molecular formula is C21H21ClN3O4P. The molecule has 4 N–H and O–H groups in total. The highest BCUT2D eigenvalue weighted by Crippen LogP contribution is 2.39. The normalized spacial score (nSPS) is 14.5. The number of nitrogens with zero attached hydrogens (tertiary/aromatic N) is 1. The van der Waals surface area contributed by atoms with Crippen LogP contribution in [0, 0.1) is 0 Å². The Morgan fingerprint density at radius 3 is 2.77 bits per heavy atom. The number of primary amides is 1. The summed E-state index contributed by atoms with van der Waals surface area (Å²) in [5.74, 6) is 0.794. The molecule has 9 heteroatoms. The van der Waals surface area contributed by atoms with Gasteiger partial charge in [-0.25, -0.2) is 0 Å². The van der Waals surface area contributed by atoms with Crippen LogP contribution in [0.4, 0.5) is 0 Å². The van der Waals surface area contributed by atoms with Crippen LogP contribution in [-0.2, 0) is 6.16 Å². The van der Waals surface area contributed by atoms with Crippen LogP contribution in [0.2, 0.25) is 5.02 Å². The summed E-state index contributed by atoms with van der Waals surface area (Å²) in [5.41, 5.74) is 7.18. The van der Waals surface area contributed by atoms with Crippen molar-refractivity contribution in [3.8, 4) is 17.2 Å². The van der Waals surface area contributed by atoms with Crippen LogP contribution in [0.3, 0.4) is 0 Å². The van der Waals surface area contributed by atoms with Crippen LogP contribution in [0.15, 0.2) is 42.6 Å². The zero-order valence-corrected chi connectivity index (χ0v) is 17.9. The van der Waals surface area contributed by atoms with Crippen LogP contribution in [0.5, 0.6) is 17.2 Å². The number of ether oxygens (including phenoxy) is 2. The highest BCUT2D eigenvalue weighted by Gasteiger charge is 2.24. The van der Waals surface area contributed by atoms with E-state index >= 15 is 0 Å². The summed E-state index contributed by atoms with van der Waals surface area (Å²) in [7, 11) is 0.183. The molecule has 156 valence electrons. The first-order valence-corrected chi connectivity index (χ1v) is 11.3. The number of amides is 1. The summed E-state index contributed by atoms with van der Waals surface area (Å²) < 4.78 is 11.3. The van der Waals surface area contributed by atoms with E-state index in [-0.39, 0.29) is 5.56 Å². The van der Waals surface area contributed by atoms with Crippen LogP contribution >= 0.6 is 19.9 Å². The zero-order chi connectivity index (χ0) is 21.3. The van der Waals surface area contributed by atoms with Crippen molar-refractivity contribution in [2.45, 2.75) is 25.0 Å². The molecule has 4 rings (SSSR count). The number of halogens is 1. The molecule has 1 saturated carbocycles. The quantitative estimate of drug-likeness (QED) is 0.445. The summed E-state index contributed by atoms with van der Waals surface area (Å²) in [6.07, 6.45) is 4.32. The van der Waals surface area contributed by atoms with Gasteiger partial charge in [-0.2, -0.15) is 0 Å². The maximum absolute atomic E-state index is 11.8. The van der Waals surface area contributed by atoms with E-state index in [1.165, 1.54) is 7.11 Å². The highest BCUT2D eigenvalue weighted by molar-refractivity contribution is 7.48. The third-order valence-electron chi connectivity index (χ3n) is 4.77. The van der Waals surface area contributed by atoms with E-state index in [1.54, 1.807) is 36.5 Å². The standard InChI is InChI=1S/C21H21ClN3O4P/c1-28-20-10-18-15(9-16(20)21(23)26)19(6-7-24-18)29-14-5-2-12(17(22)8-14)11-30(27)25-13-3-4-13/h2,5-10,13,25,27H,3-4,11H2,1H3,(H2,23,26). The minimum atomic E-state index is -1.29. The van der Waals surface area contributed by atoms with Gasteiger partial charge in [0.25, 0.3) is 5.91 Å². The third kappa shape index (κ3) is 4.65. The Hall–Kier alpha value is -2.44. The van der Waals surface area contributed by atoms with Gasteiger partial charge in [-0.05, 0) is 42.7 Å². The second-order valence-electron chi connectivity index (χ2n) is 7.06. The van der Waals surface area contributed by atoms with E-state index < -0.39 is 14.2 Å². The number of aromatic nitrogens is 1. The fraction of sp³-hybridized carbons (Fsp3) is 0.238. The van der Waals surface area contributed by atoms with Gasteiger partial charge in [0, 0.05) is 34.9 Å². The van der Waals surface area contributed by atoms with Gasteiger partial charge >= 0.3 is 0 Å². The van der Waals surface area contributed by atoms with E-state index in [1.807, 2.05) is 6.07 Å². The lowest BCUT2D eigenvalue weighted by atomic mass is 10.1. The topological polar surface area (TPSA) is 107 Å². The fourth-order valence-electron chi connectivity index (χ4n) is 3.08. The van der Waals surface area contributed by atoms with Crippen LogP contribution in [0.25, 0.3) is 10.9 Å². The van der Waals surface area contributed by atoms with Gasteiger partial charge in [0.15, 0.2) is 0 Å². The molecule has 7 nitrogen and oxygen atoms in total. The Bertz CT molecular complexity index is 1110. The summed E-state index contributed by atoms with van der Waals surface area (Å²) in [4.78, 5) is 26.3. The second kappa shape index (κ2) is 8.74. The van der Waals surface area contributed by atoms with Crippen molar-refractivity contribution >= 4 is 36.7 Å². The Morgan fingerprint density at radius 1 is 1.30 bits per heavy atom. The lowest BCUT2D eigenvalue weighted by Crippen LogP contribution is -2.12. The van der Waals surface area contributed by atoms with Gasteiger partial charge in [0.2, 0.25) is 0 Å². The molecule has 30 heavy (non-hydrogen) atoms. The SMILES string of the molecule is COc1cc2nccc(Oc3ccc(CP(O)NC4CC4)c(Cl)c3)c2cc1C(N)=O. The van der Waals surface area contributed by atoms with Crippen molar-refractivity contribution in [3.63, 3.8) is 0 Å². The van der Waals surface area contributed by atoms with E-state index in [2.05, 4.69) is 10.1 Å². The van der Waals surface area contributed by atoms with Gasteiger partial charge in [-0.15, -0.1) is 0 Å². The number of rotatable bonds is 8. The van der Waals surface area contributed by atoms with Gasteiger partial charge in [-0.3, -0.25) is 14.9 Å². The molecule has 1 amide bonds. The molecule has 0 spiro atoms. The summed E-state index contributed by atoms with van der Waals surface area (Å²) in [5, 5.41) is 4.35. The Kier molecular flexibility index (Phi) is 6.06. The molecule has 0 bridgehead atoms. The third-order valence-corrected chi connectivity index (χ3v) is 6.42. The van der Waals surface area contributed by atoms with Crippen molar-refractivity contribution < 1.29 is 19.2 Å². The highest BCUT2D eigenvalue weighted by atomic mass is 35.5. The number of nitrogens with one attached hydrogen (secondary N) is 1. The minimum Gasteiger partial charge on any atom is -0.496 e. The van der Waals surface area contributed by atoms with Crippen LogP contribution < -0.4 is 20.3 Å². The summed E-state index contributed by atoms with van der Waals surface area (Å²) in [6, 6.07) is 10.7. The predicted molar refractivity (Wildman–Crippen MR) is 117 cm³/mol. The Morgan fingerprint density at radius 2 is 2.10 bits per heavy atom. The van der Waals surface area contributed by atoms with Crippen molar-refractivity contribution in [3.05, 3.63) is 58.7 Å². The number of nitrogens with two attached hydrogens (primary N) is 1. The first kappa shape index (κ1) is 20.8. The Balaban J connectivity index is 1.59. The van der Waals surface area contributed by atoms with Crippen LogP contribution in [-0.4, -0.2) is 28.9 Å². The van der Waals surface area contributed by atoms with Crippen molar-refractivity contribution in [1.82, 2.24) is 10.1 Å². The van der Waals surface area contributed by atoms with Gasteiger partial charge in [0.05, 0.1) is 18.2 Å². The molecule has 1 heterocycles. The van der Waals surface area contributed by atoms with Crippen molar-refractivity contribution in [2.24, 2.45) is 5.73 Å². The maximum atomic E-state index is 11.8. The number of pyridine rings is 1. The van der Waals surface area contributed by atoms with Crippen molar-refractivity contribution in [2.75, 3.05) is 7.11 Å². The smallest absolute Gasteiger partial charge is 0.252 e. The van der Waals surface area contributed by atoms with Crippen LogP contribution in [0.1, 0.15) is 28.8 Å². The molecular weight excluding hydrogens is 425 g/mol. The zero-order valence-electron chi connectivity index (χ0n) is 16.3. The first-order chi connectivity index (χ1) is 14.4. The molecule has 1 atom stereocenters. The molecule has 0 aliphatic heterocycles. The molecule has 2 aromatic carbocycles. The lowest BCUT2D eigenvalue weighted by molar-refractivity contribution is 0.0997. The summed E-state index contributed by atoms with van der Waals surface area (Å²) >= 11 is 6.42. The minimum absolute atomic E-state index is 0.246. The van der Waals surface area contributed by atoms with Gasteiger partial charge in [0.1, 0.15) is 25.5 Å². The van der Waals surface area contributed by atoms with E-state index in [0.29, 0.717) is 45.4 Å². The molecule has 3 aromatic rings. The fourth-order valence-corrected chi connectivity index (χ4v) is 4.78.